The van der Waals surface area contributed by atoms with E-state index in [0.29, 0.717) is 5.56 Å². The number of phenolic OH excluding ortho intramolecular Hbond substituents is 1. The van der Waals surface area contributed by atoms with Crippen LogP contribution >= 0.6 is 0 Å². The lowest BCUT2D eigenvalue weighted by atomic mass is 9.52. The Labute approximate surface area is 255 Å². The van der Waals surface area contributed by atoms with Crippen molar-refractivity contribution in [2.45, 2.75) is 31.0 Å². The van der Waals surface area contributed by atoms with Gasteiger partial charge in [0.25, 0.3) is 0 Å². The molecule has 3 aliphatic carbocycles. The lowest BCUT2D eigenvalue weighted by Gasteiger charge is -2.52. The van der Waals surface area contributed by atoms with Crippen LogP contribution in [-0.4, -0.2) is 113 Å². The summed E-state index contributed by atoms with van der Waals surface area (Å²) < 4.78 is 0. The molecule has 4 aliphatic rings. The predicted molar refractivity (Wildman–Crippen MR) is 160 cm³/mol. The van der Waals surface area contributed by atoms with Crippen molar-refractivity contribution >= 4 is 29.0 Å². The zero-order valence-corrected chi connectivity index (χ0v) is 25.2. The quantitative estimate of drug-likeness (QED) is 0.406. The van der Waals surface area contributed by atoms with Crippen molar-refractivity contribution in [1.82, 2.24) is 14.7 Å². The Morgan fingerprint density at radius 2 is 1.75 bits per heavy atom. The monoisotopic (exact) mass is 602 g/mol. The summed E-state index contributed by atoms with van der Waals surface area (Å²) in [6.07, 6.45) is 0.237. The predicted octanol–water partition coefficient (Wildman–Crippen LogP) is 0.281. The number of hydrogen-bond acceptors (Lipinski definition) is 10. The van der Waals surface area contributed by atoms with Crippen molar-refractivity contribution < 1.29 is 34.2 Å². The number of ketones is 4. The Balaban J connectivity index is 1.39. The maximum Gasteiger partial charge on any atom is 0.235 e. The Morgan fingerprint density at radius 1 is 1.05 bits per heavy atom. The second kappa shape index (κ2) is 11.0. The summed E-state index contributed by atoms with van der Waals surface area (Å²) in [5.41, 5.74) is 5.99. The molecular weight excluding hydrogens is 564 g/mol. The number of phenols is 1. The molecule has 6 rings (SSSR count). The molecule has 2 aromatic rings. The molecule has 0 bridgehead atoms. The van der Waals surface area contributed by atoms with Crippen molar-refractivity contribution in [3.05, 3.63) is 53.1 Å². The second-order valence-corrected chi connectivity index (χ2v) is 13.1. The van der Waals surface area contributed by atoms with Crippen molar-refractivity contribution in [2.24, 2.45) is 29.4 Å². The fraction of sp³-hybridized carbons (Fsp3) is 0.485. The highest BCUT2D eigenvalue weighted by Crippen LogP contribution is 2.51. The summed E-state index contributed by atoms with van der Waals surface area (Å²) in [7, 11) is 5.25. The van der Waals surface area contributed by atoms with Crippen LogP contribution in [0.4, 0.5) is 0 Å². The lowest BCUT2D eigenvalue weighted by molar-refractivity contribution is -0.181. The average Bonchev–Trinajstić information content (AvgIpc) is 2.96. The molecule has 1 saturated heterocycles. The number of Topliss-reactive ketones (excluding diaryl/α,β-unsaturated/α-hetero) is 4. The van der Waals surface area contributed by atoms with Gasteiger partial charge in [0.1, 0.15) is 5.75 Å². The SMILES string of the molecule is CN1CCN(Cc2cccc(-c3ccc(O)c4c3C[C@H]3C[C@H]5[C@H](N(C)C)C(=O)C(C(N)=O)C(=O)[C@@]5(O)C(=O)C3C4=O)c2)CC1. The van der Waals surface area contributed by atoms with E-state index in [-0.39, 0.29) is 24.2 Å². The van der Waals surface area contributed by atoms with Gasteiger partial charge < -0.3 is 20.8 Å². The van der Waals surface area contributed by atoms with Crippen molar-refractivity contribution in [2.75, 3.05) is 47.3 Å². The van der Waals surface area contributed by atoms with Crippen LogP contribution < -0.4 is 5.73 Å². The van der Waals surface area contributed by atoms with E-state index in [1.807, 2.05) is 12.1 Å². The van der Waals surface area contributed by atoms with Crippen LogP contribution in [0.1, 0.15) is 27.9 Å². The van der Waals surface area contributed by atoms with Crippen LogP contribution in [0.15, 0.2) is 36.4 Å². The first-order valence-electron chi connectivity index (χ1n) is 15.0. The maximum absolute atomic E-state index is 14.1. The molecule has 11 heteroatoms. The third-order valence-corrected chi connectivity index (χ3v) is 10.2. The number of nitrogens with zero attached hydrogens (tertiary/aromatic N) is 3. The van der Waals surface area contributed by atoms with Crippen LogP contribution in [0.3, 0.4) is 0 Å². The molecule has 1 aliphatic heterocycles. The molecule has 0 radical (unpaired) electrons. The van der Waals surface area contributed by atoms with Gasteiger partial charge in [-0.15, -0.1) is 0 Å². The van der Waals surface area contributed by atoms with E-state index in [1.165, 1.54) is 11.0 Å². The molecule has 1 heterocycles. The summed E-state index contributed by atoms with van der Waals surface area (Å²) in [5, 5.41) is 22.7. The van der Waals surface area contributed by atoms with Gasteiger partial charge in [-0.25, -0.2) is 0 Å². The number of fused-ring (bicyclic) bond motifs is 3. The van der Waals surface area contributed by atoms with E-state index in [0.717, 1.165) is 49.4 Å². The number of primary amides is 1. The van der Waals surface area contributed by atoms with E-state index in [9.17, 15) is 34.2 Å². The third-order valence-electron chi connectivity index (χ3n) is 10.2. The van der Waals surface area contributed by atoms with Gasteiger partial charge in [0.05, 0.1) is 17.5 Å². The molecule has 2 aromatic carbocycles. The van der Waals surface area contributed by atoms with Gasteiger partial charge in [-0.2, -0.15) is 0 Å². The first-order chi connectivity index (χ1) is 20.8. The Bertz CT molecular complexity index is 1580. The average molecular weight is 603 g/mol. The molecule has 232 valence electrons. The summed E-state index contributed by atoms with van der Waals surface area (Å²) in [5.74, 6) is -10.5. The highest BCUT2D eigenvalue weighted by atomic mass is 16.3. The van der Waals surface area contributed by atoms with Crippen LogP contribution in [0.2, 0.25) is 0 Å². The maximum atomic E-state index is 14.1. The van der Waals surface area contributed by atoms with Gasteiger partial charge in [-0.05, 0) is 74.3 Å². The zero-order valence-electron chi connectivity index (χ0n) is 25.2. The van der Waals surface area contributed by atoms with Gasteiger partial charge in [0, 0.05) is 38.6 Å². The van der Waals surface area contributed by atoms with Crippen LogP contribution in [-0.2, 0) is 32.1 Å². The van der Waals surface area contributed by atoms with Gasteiger partial charge in [0.15, 0.2) is 34.7 Å². The number of benzene rings is 2. The number of carbonyl (C=O) groups excluding carboxylic acids is 5. The first-order valence-corrected chi connectivity index (χ1v) is 15.0. The Kier molecular flexibility index (Phi) is 7.56. The van der Waals surface area contributed by atoms with E-state index in [2.05, 4.69) is 29.0 Å². The van der Waals surface area contributed by atoms with Crippen LogP contribution in [0.25, 0.3) is 11.1 Å². The topological polar surface area (TPSA) is 162 Å². The highest BCUT2D eigenvalue weighted by Gasteiger charge is 2.69. The number of piperazine rings is 1. The summed E-state index contributed by atoms with van der Waals surface area (Å²) >= 11 is 0. The van der Waals surface area contributed by atoms with Crippen molar-refractivity contribution in [3.8, 4) is 16.9 Å². The fourth-order valence-corrected chi connectivity index (χ4v) is 7.98. The van der Waals surface area contributed by atoms with E-state index < -0.39 is 64.4 Å². The zero-order chi connectivity index (χ0) is 31.7. The van der Waals surface area contributed by atoms with Crippen molar-refractivity contribution in [1.29, 1.82) is 0 Å². The molecule has 4 N–H and O–H groups in total. The van der Waals surface area contributed by atoms with E-state index >= 15 is 0 Å². The minimum Gasteiger partial charge on any atom is -0.507 e. The number of likely N-dealkylation sites (N-methyl/N-ethyl adjacent to an activating group) is 2. The van der Waals surface area contributed by atoms with E-state index in [4.69, 9.17) is 5.73 Å². The van der Waals surface area contributed by atoms with E-state index in [1.54, 1.807) is 20.2 Å². The van der Waals surface area contributed by atoms with Crippen LogP contribution in [0, 0.1) is 23.7 Å². The van der Waals surface area contributed by atoms with Crippen molar-refractivity contribution in [3.63, 3.8) is 0 Å². The smallest absolute Gasteiger partial charge is 0.235 e. The molecule has 1 amide bonds. The molecule has 6 atom stereocenters. The molecule has 3 fully saturated rings. The molecular formula is C33H38N4O7. The Morgan fingerprint density at radius 3 is 2.41 bits per heavy atom. The number of aliphatic hydroxyl groups is 1. The minimum atomic E-state index is -2.73. The molecule has 0 spiro atoms. The Hall–Kier alpha value is -3.77. The normalized spacial score (nSPS) is 31.1. The number of amides is 1. The number of nitrogens with two attached hydrogens (primary N) is 1. The first kappa shape index (κ1) is 30.3. The number of aromatic hydroxyl groups is 1. The summed E-state index contributed by atoms with van der Waals surface area (Å²) in [4.78, 5) is 73.2. The molecule has 0 aromatic heterocycles. The fourth-order valence-electron chi connectivity index (χ4n) is 7.98. The molecule has 11 nitrogen and oxygen atoms in total. The molecule has 2 unspecified atom stereocenters. The summed E-state index contributed by atoms with van der Waals surface area (Å²) in [6.45, 7) is 4.71. The lowest BCUT2D eigenvalue weighted by Crippen LogP contribution is -2.74. The minimum absolute atomic E-state index is 0.00133. The van der Waals surface area contributed by atoms with Crippen LogP contribution in [0.5, 0.6) is 5.75 Å². The summed E-state index contributed by atoms with van der Waals surface area (Å²) in [6, 6.07) is 10.1. The second-order valence-electron chi connectivity index (χ2n) is 13.1. The van der Waals surface area contributed by atoms with Gasteiger partial charge in [-0.3, -0.25) is 33.8 Å². The number of rotatable bonds is 5. The number of hydrogen-bond donors (Lipinski definition) is 3. The van der Waals surface area contributed by atoms with Gasteiger partial charge >= 0.3 is 0 Å². The molecule has 44 heavy (non-hydrogen) atoms. The molecule has 2 saturated carbocycles. The van der Waals surface area contributed by atoms with Gasteiger partial charge in [-0.1, -0.05) is 24.3 Å². The van der Waals surface area contributed by atoms with Gasteiger partial charge in [0.2, 0.25) is 5.91 Å². The third kappa shape index (κ3) is 4.61. The standard InChI is InChI=1S/C33H38N4O7/c1-35(2)27-22-15-19-14-21-20(18-6-4-5-17(13-18)16-37-11-9-36(3)10-12-37)7-8-23(38)25(21)28(39)24(19)30(41)33(22,44)31(42)26(29(27)40)32(34)43/h4-8,13,19,22,24,26-27,38,44H,9-12,14-16H2,1-3H3,(H2,34,43)/t19-,22-,24?,26?,27-,33-/m0/s1. The largest absolute Gasteiger partial charge is 0.507 e. The number of carbonyl (C=O) groups is 5. The highest BCUT2D eigenvalue weighted by molar-refractivity contribution is 6.32.